The highest BCUT2D eigenvalue weighted by Gasteiger charge is 2.20. The summed E-state index contributed by atoms with van der Waals surface area (Å²) in [6.45, 7) is 2.97. The molecule has 1 heterocycles. The highest BCUT2D eigenvalue weighted by Crippen LogP contribution is 2.17. The van der Waals surface area contributed by atoms with Crippen LogP contribution in [0.3, 0.4) is 0 Å². The number of non-ortho nitro benzene ring substituents is 1. The predicted molar refractivity (Wildman–Crippen MR) is 103 cm³/mol. The molecule has 0 radical (unpaired) electrons. The van der Waals surface area contributed by atoms with Crippen molar-refractivity contribution in [3.8, 4) is 0 Å². The maximum atomic E-state index is 13.8. The molecule has 1 aliphatic rings. The Hall–Kier alpha value is -2.65. The van der Waals surface area contributed by atoms with E-state index in [1.165, 1.54) is 18.2 Å². The zero-order valence-corrected chi connectivity index (χ0v) is 15.2. The zero-order valence-electron chi connectivity index (χ0n) is 14.4. The van der Waals surface area contributed by atoms with Gasteiger partial charge in [0.1, 0.15) is 0 Å². The number of hydrogen-bond donors (Lipinski definition) is 1. The largest absolute Gasteiger partial charge is 0.346 e. The normalized spacial score (nSPS) is 14.8. The molecule has 1 fully saturated rings. The average Bonchev–Trinajstić information content (AvgIpc) is 2.66. The standard InChI is InChI=1S/C18H18F2N4O2S/c19-16-3-1-2-13(17(16)20)12-22-8-10-23(11-9-22)18(27)21-14-4-6-15(7-5-14)24(25)26/h1-7H,8-12H2,(H,21,27). The molecule has 0 amide bonds. The minimum Gasteiger partial charge on any atom is -0.346 e. The molecule has 2 aromatic carbocycles. The number of thiocarbonyl (C=S) groups is 1. The van der Waals surface area contributed by atoms with Gasteiger partial charge in [-0.15, -0.1) is 0 Å². The number of nitrogens with zero attached hydrogens (tertiary/aromatic N) is 3. The van der Waals surface area contributed by atoms with Crippen LogP contribution in [0.5, 0.6) is 0 Å². The van der Waals surface area contributed by atoms with Crippen molar-refractivity contribution in [1.29, 1.82) is 0 Å². The van der Waals surface area contributed by atoms with Gasteiger partial charge in [-0.2, -0.15) is 0 Å². The molecule has 9 heteroatoms. The minimum absolute atomic E-state index is 0.0182. The maximum Gasteiger partial charge on any atom is 0.269 e. The topological polar surface area (TPSA) is 61.7 Å². The van der Waals surface area contributed by atoms with Crippen molar-refractivity contribution in [3.63, 3.8) is 0 Å². The second-order valence-corrected chi connectivity index (χ2v) is 6.60. The third-order valence-electron chi connectivity index (χ3n) is 4.41. The highest BCUT2D eigenvalue weighted by molar-refractivity contribution is 7.80. The summed E-state index contributed by atoms with van der Waals surface area (Å²) in [6, 6.07) is 10.2. The van der Waals surface area contributed by atoms with E-state index in [1.807, 2.05) is 9.80 Å². The number of halogens is 2. The molecule has 1 saturated heterocycles. The van der Waals surface area contributed by atoms with Crippen LogP contribution in [-0.4, -0.2) is 46.0 Å². The molecule has 0 aliphatic carbocycles. The van der Waals surface area contributed by atoms with Gasteiger partial charge in [0.05, 0.1) is 4.92 Å². The average molecular weight is 392 g/mol. The third-order valence-corrected chi connectivity index (χ3v) is 4.77. The van der Waals surface area contributed by atoms with Gasteiger partial charge < -0.3 is 10.2 Å². The first kappa shape index (κ1) is 19.1. The van der Waals surface area contributed by atoms with Gasteiger partial charge in [-0.3, -0.25) is 15.0 Å². The van der Waals surface area contributed by atoms with Crippen LogP contribution >= 0.6 is 12.2 Å². The van der Waals surface area contributed by atoms with Gasteiger partial charge in [0.15, 0.2) is 16.7 Å². The van der Waals surface area contributed by atoms with E-state index in [9.17, 15) is 18.9 Å². The van der Waals surface area contributed by atoms with Crippen LogP contribution in [0.25, 0.3) is 0 Å². The number of piperazine rings is 1. The monoisotopic (exact) mass is 392 g/mol. The molecule has 0 aromatic heterocycles. The van der Waals surface area contributed by atoms with Gasteiger partial charge in [-0.05, 0) is 30.4 Å². The summed E-state index contributed by atoms with van der Waals surface area (Å²) in [7, 11) is 0. The smallest absolute Gasteiger partial charge is 0.269 e. The van der Waals surface area contributed by atoms with Gasteiger partial charge in [0.2, 0.25) is 0 Å². The summed E-state index contributed by atoms with van der Waals surface area (Å²) in [5.41, 5.74) is 1.04. The van der Waals surface area contributed by atoms with Crippen molar-refractivity contribution in [2.45, 2.75) is 6.54 Å². The molecule has 142 valence electrons. The maximum absolute atomic E-state index is 13.8. The number of hydrogen-bond acceptors (Lipinski definition) is 4. The summed E-state index contributed by atoms with van der Waals surface area (Å²) >= 11 is 5.40. The quantitative estimate of drug-likeness (QED) is 0.489. The molecule has 0 unspecified atom stereocenters. The van der Waals surface area contributed by atoms with Crippen LogP contribution in [0.2, 0.25) is 0 Å². The Kier molecular flexibility index (Phi) is 5.92. The summed E-state index contributed by atoms with van der Waals surface area (Å²) in [6.07, 6.45) is 0. The van der Waals surface area contributed by atoms with Crippen molar-refractivity contribution in [3.05, 3.63) is 69.8 Å². The lowest BCUT2D eigenvalue weighted by Gasteiger charge is -2.36. The number of nitrogens with one attached hydrogen (secondary N) is 1. The van der Waals surface area contributed by atoms with Crippen molar-refractivity contribution in [2.75, 3.05) is 31.5 Å². The first-order chi connectivity index (χ1) is 12.9. The van der Waals surface area contributed by atoms with Crippen molar-refractivity contribution in [2.24, 2.45) is 0 Å². The summed E-state index contributed by atoms with van der Waals surface area (Å²) in [5, 5.41) is 14.3. The Morgan fingerprint density at radius 3 is 2.41 bits per heavy atom. The van der Waals surface area contributed by atoms with E-state index in [0.29, 0.717) is 49.1 Å². The predicted octanol–water partition coefficient (Wildman–Crippen LogP) is 3.39. The van der Waals surface area contributed by atoms with Crippen LogP contribution in [0.1, 0.15) is 5.56 Å². The number of nitro benzene ring substituents is 1. The molecule has 27 heavy (non-hydrogen) atoms. The van der Waals surface area contributed by atoms with Crippen LogP contribution < -0.4 is 5.32 Å². The Balaban J connectivity index is 1.51. The van der Waals surface area contributed by atoms with E-state index in [1.54, 1.807) is 18.2 Å². The fraction of sp³-hybridized carbons (Fsp3) is 0.278. The summed E-state index contributed by atoms with van der Waals surface area (Å²) in [5.74, 6) is -1.63. The highest BCUT2D eigenvalue weighted by atomic mass is 32.1. The van der Waals surface area contributed by atoms with E-state index in [4.69, 9.17) is 12.2 Å². The van der Waals surface area contributed by atoms with E-state index in [2.05, 4.69) is 5.32 Å². The van der Waals surface area contributed by atoms with E-state index in [-0.39, 0.29) is 5.69 Å². The van der Waals surface area contributed by atoms with E-state index < -0.39 is 16.6 Å². The van der Waals surface area contributed by atoms with Crippen LogP contribution in [0.4, 0.5) is 20.2 Å². The number of benzene rings is 2. The Bertz CT molecular complexity index is 840. The van der Waals surface area contributed by atoms with Crippen molar-refractivity contribution < 1.29 is 13.7 Å². The number of rotatable bonds is 4. The third kappa shape index (κ3) is 4.75. The summed E-state index contributed by atoms with van der Waals surface area (Å²) < 4.78 is 27.1. The van der Waals surface area contributed by atoms with E-state index in [0.717, 1.165) is 6.07 Å². The molecule has 2 aromatic rings. The minimum atomic E-state index is -0.834. The second kappa shape index (κ2) is 8.36. The molecule has 1 aliphatic heterocycles. The molecule has 0 saturated carbocycles. The lowest BCUT2D eigenvalue weighted by atomic mass is 10.2. The number of anilines is 1. The lowest BCUT2D eigenvalue weighted by Crippen LogP contribution is -2.49. The van der Waals surface area contributed by atoms with Crippen LogP contribution in [0, 0.1) is 21.7 Å². The molecule has 0 atom stereocenters. The van der Waals surface area contributed by atoms with Crippen molar-refractivity contribution >= 4 is 28.7 Å². The van der Waals surface area contributed by atoms with Crippen molar-refractivity contribution in [1.82, 2.24) is 9.80 Å². The Morgan fingerprint density at radius 1 is 1.11 bits per heavy atom. The van der Waals surface area contributed by atoms with Gasteiger partial charge in [0.25, 0.3) is 5.69 Å². The molecule has 0 bridgehead atoms. The Labute approximate surface area is 160 Å². The van der Waals surface area contributed by atoms with Gasteiger partial charge in [-0.1, -0.05) is 12.1 Å². The Morgan fingerprint density at radius 2 is 1.78 bits per heavy atom. The van der Waals surface area contributed by atoms with Gasteiger partial charge >= 0.3 is 0 Å². The second-order valence-electron chi connectivity index (χ2n) is 6.21. The van der Waals surface area contributed by atoms with E-state index >= 15 is 0 Å². The zero-order chi connectivity index (χ0) is 19.4. The van der Waals surface area contributed by atoms with Gasteiger partial charge in [-0.25, -0.2) is 8.78 Å². The van der Waals surface area contributed by atoms with Crippen LogP contribution in [-0.2, 0) is 6.54 Å². The SMILES string of the molecule is O=[N+]([O-])c1ccc(NC(=S)N2CCN(Cc3cccc(F)c3F)CC2)cc1. The van der Waals surface area contributed by atoms with Crippen LogP contribution in [0.15, 0.2) is 42.5 Å². The molecular weight excluding hydrogens is 374 g/mol. The lowest BCUT2D eigenvalue weighted by molar-refractivity contribution is -0.384. The molecule has 3 rings (SSSR count). The molecule has 6 nitrogen and oxygen atoms in total. The van der Waals surface area contributed by atoms with Gasteiger partial charge in [0, 0.05) is 56.1 Å². The summed E-state index contributed by atoms with van der Waals surface area (Å²) in [4.78, 5) is 14.3. The molecular formula is C18H18F2N4O2S. The first-order valence-electron chi connectivity index (χ1n) is 8.39. The number of nitro groups is 1. The molecule has 0 spiro atoms. The fourth-order valence-corrected chi connectivity index (χ4v) is 3.19. The fourth-order valence-electron chi connectivity index (χ4n) is 2.89. The molecule has 1 N–H and O–H groups in total. The first-order valence-corrected chi connectivity index (χ1v) is 8.80.